The number of benzene rings is 2. The highest BCUT2D eigenvalue weighted by atomic mass is 19.4. The van der Waals surface area contributed by atoms with E-state index in [0.717, 1.165) is 22.9 Å². The van der Waals surface area contributed by atoms with Gasteiger partial charge in [-0.3, -0.25) is 9.59 Å². The summed E-state index contributed by atoms with van der Waals surface area (Å²) in [5.41, 5.74) is -0.262. The van der Waals surface area contributed by atoms with Crippen molar-refractivity contribution >= 4 is 11.9 Å². The molecule has 0 aliphatic carbocycles. The Morgan fingerprint density at radius 2 is 1.92 bits per heavy atom. The van der Waals surface area contributed by atoms with Crippen LogP contribution in [0, 0.1) is 23.1 Å². The fraction of sp³-hybridized carbons (Fsp3) is 0.333. The lowest BCUT2D eigenvalue weighted by atomic mass is 10.0. The Morgan fingerprint density at radius 3 is 2.54 bits per heavy atom. The van der Waals surface area contributed by atoms with Crippen LogP contribution in [0.15, 0.2) is 47.3 Å². The van der Waals surface area contributed by atoms with Crippen LogP contribution in [0.1, 0.15) is 52.2 Å². The number of aromatic nitrogens is 2. The molecule has 0 unspecified atom stereocenters. The Hall–Kier alpha value is -4.40. The van der Waals surface area contributed by atoms with Gasteiger partial charge >= 0.3 is 6.18 Å². The summed E-state index contributed by atoms with van der Waals surface area (Å²) in [4.78, 5) is 38.0. The minimum Gasteiger partial charge on any atom is -0.407 e. The molecule has 0 atom stereocenters. The molecule has 2 heterocycles. The summed E-state index contributed by atoms with van der Waals surface area (Å²) in [5, 5.41) is 11.9. The van der Waals surface area contributed by atoms with Crippen LogP contribution in [0.25, 0.3) is 0 Å². The number of fused-ring (bicyclic) bond motifs is 1. The quantitative estimate of drug-likeness (QED) is 0.449. The number of alkyl halides is 3. The molecule has 1 amide bonds. The number of nitriles is 1. The van der Waals surface area contributed by atoms with E-state index in [-0.39, 0.29) is 61.2 Å². The first-order valence-corrected chi connectivity index (χ1v) is 12.1. The van der Waals surface area contributed by atoms with E-state index in [1.54, 1.807) is 0 Å². The van der Waals surface area contributed by atoms with Gasteiger partial charge in [0.05, 0.1) is 40.6 Å². The van der Waals surface area contributed by atoms with Gasteiger partial charge in [-0.2, -0.15) is 18.4 Å². The summed E-state index contributed by atoms with van der Waals surface area (Å²) in [6, 6.07) is 9.98. The van der Waals surface area contributed by atoms with E-state index in [9.17, 15) is 27.2 Å². The molecule has 0 saturated carbocycles. The van der Waals surface area contributed by atoms with Crippen molar-refractivity contribution in [2.45, 2.75) is 39.5 Å². The number of nitrogens with one attached hydrogen (secondary N) is 1. The molecule has 2 aromatic carbocycles. The van der Waals surface area contributed by atoms with Crippen LogP contribution in [0.4, 0.5) is 23.5 Å². The molecule has 0 radical (unpaired) electrons. The number of nitrogens with zero attached hydrogens (tertiary/aromatic N) is 4. The third kappa shape index (κ3) is 6.19. The van der Waals surface area contributed by atoms with E-state index in [2.05, 4.69) is 10.3 Å². The lowest BCUT2D eigenvalue weighted by molar-refractivity contribution is -0.137. The molecule has 4 rings (SSSR count). The van der Waals surface area contributed by atoms with Crippen molar-refractivity contribution in [1.82, 2.24) is 14.6 Å². The van der Waals surface area contributed by atoms with Crippen LogP contribution in [0.5, 0.6) is 0 Å². The molecule has 12 heteroatoms. The minimum atomic E-state index is -4.45. The molecule has 3 aromatic rings. The number of hydrogen-bond donors (Lipinski definition) is 1. The van der Waals surface area contributed by atoms with E-state index in [4.69, 9.17) is 10.1 Å². The molecule has 0 spiro atoms. The zero-order chi connectivity index (χ0) is 28.3. The molecular weight excluding hydrogens is 518 g/mol. The first kappa shape index (κ1) is 27.6. The van der Waals surface area contributed by atoms with Gasteiger partial charge in [-0.05, 0) is 41.8 Å². The summed E-state index contributed by atoms with van der Waals surface area (Å²) >= 11 is 0. The van der Waals surface area contributed by atoms with Crippen LogP contribution in [0.2, 0.25) is 0 Å². The second-order valence-electron chi connectivity index (χ2n) is 9.48. The monoisotopic (exact) mass is 543 g/mol. The summed E-state index contributed by atoms with van der Waals surface area (Å²) in [7, 11) is 0. The van der Waals surface area contributed by atoms with E-state index >= 15 is 0 Å². The largest absolute Gasteiger partial charge is 0.416 e. The van der Waals surface area contributed by atoms with Gasteiger partial charge in [-0.1, -0.05) is 26.0 Å². The second kappa shape index (κ2) is 11.1. The highest BCUT2D eigenvalue weighted by molar-refractivity contribution is 5.94. The van der Waals surface area contributed by atoms with Gasteiger partial charge in [-0.15, -0.1) is 4.73 Å². The fourth-order valence-electron chi connectivity index (χ4n) is 4.01. The number of carbonyl (C=O) groups excluding carboxylic acids is 1. The van der Waals surface area contributed by atoms with Gasteiger partial charge in [0.25, 0.3) is 11.5 Å². The molecule has 39 heavy (non-hydrogen) atoms. The SMILES string of the molecule is CC(C)COn1c(NCc2ccc(C(F)(F)F)cc2)nc2c(c1=O)CN(C(=O)c1ccc(C#N)cc1F)CC2. The Kier molecular flexibility index (Phi) is 7.90. The molecule has 8 nitrogen and oxygen atoms in total. The Labute approximate surface area is 221 Å². The van der Waals surface area contributed by atoms with Gasteiger partial charge in [0.15, 0.2) is 0 Å². The van der Waals surface area contributed by atoms with Crippen LogP contribution >= 0.6 is 0 Å². The molecule has 1 aromatic heterocycles. The third-order valence-electron chi connectivity index (χ3n) is 6.08. The van der Waals surface area contributed by atoms with Gasteiger partial charge in [0.2, 0.25) is 5.95 Å². The van der Waals surface area contributed by atoms with Crippen molar-refractivity contribution in [2.75, 3.05) is 18.5 Å². The van der Waals surface area contributed by atoms with E-state index in [1.807, 2.05) is 19.9 Å². The average Bonchev–Trinajstić information content (AvgIpc) is 2.90. The first-order valence-electron chi connectivity index (χ1n) is 12.1. The number of halogens is 4. The van der Waals surface area contributed by atoms with Crippen molar-refractivity contribution in [3.63, 3.8) is 0 Å². The Balaban J connectivity index is 1.59. The topological polar surface area (TPSA) is 100 Å². The van der Waals surface area contributed by atoms with Crippen LogP contribution in [-0.2, 0) is 25.7 Å². The molecule has 1 aliphatic rings. The normalized spacial score (nSPS) is 13.1. The number of hydrogen-bond acceptors (Lipinski definition) is 6. The summed E-state index contributed by atoms with van der Waals surface area (Å²) in [6.45, 7) is 4.08. The van der Waals surface area contributed by atoms with Gasteiger partial charge in [0.1, 0.15) is 12.4 Å². The van der Waals surface area contributed by atoms with Crippen molar-refractivity contribution in [1.29, 1.82) is 5.26 Å². The summed E-state index contributed by atoms with van der Waals surface area (Å²) in [5.74, 6) is -1.31. The summed E-state index contributed by atoms with van der Waals surface area (Å²) in [6.07, 6.45) is -4.23. The third-order valence-corrected chi connectivity index (χ3v) is 6.08. The van der Waals surface area contributed by atoms with Gasteiger partial charge in [-0.25, -0.2) is 9.37 Å². The maximum atomic E-state index is 14.5. The zero-order valence-electron chi connectivity index (χ0n) is 21.2. The number of rotatable bonds is 7. The predicted molar refractivity (Wildman–Crippen MR) is 133 cm³/mol. The van der Waals surface area contributed by atoms with Crippen LogP contribution < -0.4 is 15.7 Å². The lowest BCUT2D eigenvalue weighted by Crippen LogP contribution is -2.43. The van der Waals surface area contributed by atoms with E-state index in [1.165, 1.54) is 29.2 Å². The van der Waals surface area contributed by atoms with Gasteiger partial charge in [0, 0.05) is 19.5 Å². The van der Waals surface area contributed by atoms with Crippen LogP contribution in [0.3, 0.4) is 0 Å². The fourth-order valence-corrected chi connectivity index (χ4v) is 4.01. The standard InChI is InChI=1S/C27H25F4N5O3/c1-16(2)15-39-36-25(38)21-14-35(24(37)20-8-5-18(12-32)11-22(20)28)10-9-23(21)34-26(36)33-13-17-3-6-19(7-4-17)27(29,30)31/h3-8,11,16H,9-10,13-15H2,1-2H3,(H,33,34). The number of amides is 1. The molecule has 0 bridgehead atoms. The minimum absolute atomic E-state index is 0.0631. The lowest BCUT2D eigenvalue weighted by Gasteiger charge is -2.29. The Bertz CT molecular complexity index is 1480. The molecular formula is C27H25F4N5O3. The zero-order valence-corrected chi connectivity index (χ0v) is 21.2. The highest BCUT2D eigenvalue weighted by Gasteiger charge is 2.30. The van der Waals surface area contributed by atoms with E-state index < -0.39 is 29.0 Å². The summed E-state index contributed by atoms with van der Waals surface area (Å²) < 4.78 is 54.0. The molecule has 204 valence electrons. The Morgan fingerprint density at radius 1 is 1.21 bits per heavy atom. The number of carbonyl (C=O) groups is 1. The predicted octanol–water partition coefficient (Wildman–Crippen LogP) is 4.17. The highest BCUT2D eigenvalue weighted by Crippen LogP contribution is 2.29. The van der Waals surface area contributed by atoms with Crippen LogP contribution in [-0.4, -0.2) is 33.7 Å². The van der Waals surface area contributed by atoms with Crippen molar-refractivity contribution in [2.24, 2.45) is 5.92 Å². The molecule has 0 saturated heterocycles. The van der Waals surface area contributed by atoms with Crippen molar-refractivity contribution < 1.29 is 27.2 Å². The maximum absolute atomic E-state index is 14.5. The van der Waals surface area contributed by atoms with Crippen molar-refractivity contribution in [3.05, 3.63) is 92.1 Å². The first-order chi connectivity index (χ1) is 18.5. The molecule has 1 N–H and O–H groups in total. The van der Waals surface area contributed by atoms with Crippen molar-refractivity contribution in [3.8, 4) is 6.07 Å². The maximum Gasteiger partial charge on any atom is 0.416 e. The second-order valence-corrected chi connectivity index (χ2v) is 9.48. The van der Waals surface area contributed by atoms with Gasteiger partial charge < -0.3 is 15.1 Å². The molecule has 1 aliphatic heterocycles. The smallest absolute Gasteiger partial charge is 0.407 e. The number of anilines is 1. The average molecular weight is 544 g/mol. The van der Waals surface area contributed by atoms with E-state index in [0.29, 0.717) is 11.3 Å². The molecule has 0 fully saturated rings.